The standard InChI is InChI=1S/C20H24BrN3O3/c1-25-19-6-5-18(21)12-17(19)14-27-23-20(22)16-4-2-3-15(11-16)13-24-7-9-26-10-8-24/h2-6,11-12H,7-10,13-14H2,1H3,(H2,22,23). The molecule has 0 spiro atoms. The lowest BCUT2D eigenvalue weighted by atomic mass is 10.1. The van der Waals surface area contributed by atoms with Crippen molar-refractivity contribution in [3.63, 3.8) is 0 Å². The Kier molecular flexibility index (Phi) is 7.09. The first kappa shape index (κ1) is 19.7. The number of benzene rings is 2. The molecular formula is C20H24BrN3O3. The monoisotopic (exact) mass is 433 g/mol. The molecule has 0 saturated carbocycles. The van der Waals surface area contributed by atoms with Crippen molar-refractivity contribution in [1.29, 1.82) is 0 Å². The molecule has 0 aromatic heterocycles. The van der Waals surface area contributed by atoms with Gasteiger partial charge in [0.2, 0.25) is 0 Å². The summed E-state index contributed by atoms with van der Waals surface area (Å²) in [6.07, 6.45) is 0. The lowest BCUT2D eigenvalue weighted by Gasteiger charge is -2.26. The summed E-state index contributed by atoms with van der Waals surface area (Å²) in [5.74, 6) is 1.10. The molecular weight excluding hydrogens is 410 g/mol. The van der Waals surface area contributed by atoms with Gasteiger partial charge < -0.3 is 20.0 Å². The number of hydrogen-bond donors (Lipinski definition) is 1. The van der Waals surface area contributed by atoms with Crippen molar-refractivity contribution in [2.24, 2.45) is 10.9 Å². The molecule has 0 radical (unpaired) electrons. The van der Waals surface area contributed by atoms with Crippen molar-refractivity contribution in [3.05, 3.63) is 63.6 Å². The highest BCUT2D eigenvalue weighted by molar-refractivity contribution is 9.10. The van der Waals surface area contributed by atoms with Crippen LogP contribution in [-0.4, -0.2) is 44.1 Å². The Labute approximate surface area is 168 Å². The minimum atomic E-state index is 0.275. The number of rotatable bonds is 7. The Bertz CT molecular complexity index is 792. The Hall–Kier alpha value is -2.09. The first-order chi connectivity index (χ1) is 13.2. The predicted molar refractivity (Wildman–Crippen MR) is 109 cm³/mol. The number of oxime groups is 1. The summed E-state index contributed by atoms with van der Waals surface area (Å²) in [6, 6.07) is 13.8. The number of hydrogen-bond acceptors (Lipinski definition) is 5. The second kappa shape index (κ2) is 9.73. The second-order valence-corrected chi connectivity index (χ2v) is 7.21. The molecule has 144 valence electrons. The van der Waals surface area contributed by atoms with Crippen molar-refractivity contribution in [2.45, 2.75) is 13.2 Å². The zero-order valence-corrected chi connectivity index (χ0v) is 16.9. The average Bonchev–Trinajstić information content (AvgIpc) is 2.69. The van der Waals surface area contributed by atoms with Gasteiger partial charge in [0.05, 0.1) is 20.3 Å². The molecule has 1 fully saturated rings. The van der Waals surface area contributed by atoms with E-state index in [1.54, 1.807) is 7.11 Å². The lowest BCUT2D eigenvalue weighted by molar-refractivity contribution is 0.0342. The van der Waals surface area contributed by atoms with Crippen LogP contribution in [0.15, 0.2) is 52.1 Å². The molecule has 7 heteroatoms. The molecule has 1 heterocycles. The van der Waals surface area contributed by atoms with Gasteiger partial charge >= 0.3 is 0 Å². The van der Waals surface area contributed by atoms with E-state index >= 15 is 0 Å². The van der Waals surface area contributed by atoms with E-state index in [1.165, 1.54) is 5.56 Å². The predicted octanol–water partition coefficient (Wildman–Crippen LogP) is 3.13. The summed E-state index contributed by atoms with van der Waals surface area (Å²) in [7, 11) is 1.63. The van der Waals surface area contributed by atoms with Crippen LogP contribution in [0, 0.1) is 0 Å². The van der Waals surface area contributed by atoms with E-state index in [4.69, 9.17) is 20.0 Å². The smallest absolute Gasteiger partial charge is 0.170 e. The van der Waals surface area contributed by atoms with E-state index in [9.17, 15) is 0 Å². The Balaban J connectivity index is 1.62. The normalized spacial score (nSPS) is 15.6. The summed E-state index contributed by atoms with van der Waals surface area (Å²) in [6.45, 7) is 4.63. The van der Waals surface area contributed by atoms with Crippen LogP contribution in [0.25, 0.3) is 0 Å². The molecule has 0 atom stereocenters. The average molecular weight is 434 g/mol. The van der Waals surface area contributed by atoms with Crippen molar-refractivity contribution in [3.8, 4) is 5.75 Å². The zero-order valence-electron chi connectivity index (χ0n) is 15.4. The van der Waals surface area contributed by atoms with Crippen LogP contribution in [0.1, 0.15) is 16.7 Å². The molecule has 2 aromatic carbocycles. The van der Waals surface area contributed by atoms with Gasteiger partial charge in [-0.1, -0.05) is 39.3 Å². The van der Waals surface area contributed by atoms with Crippen molar-refractivity contribution >= 4 is 21.8 Å². The molecule has 2 N–H and O–H groups in total. The van der Waals surface area contributed by atoms with Crippen LogP contribution in [0.4, 0.5) is 0 Å². The van der Waals surface area contributed by atoms with Crippen LogP contribution >= 0.6 is 15.9 Å². The number of ether oxygens (including phenoxy) is 2. The number of morpholine rings is 1. The third-order valence-electron chi connectivity index (χ3n) is 4.36. The number of amidine groups is 1. The van der Waals surface area contributed by atoms with E-state index in [0.29, 0.717) is 5.84 Å². The fraction of sp³-hybridized carbons (Fsp3) is 0.350. The van der Waals surface area contributed by atoms with Crippen LogP contribution in [0.2, 0.25) is 0 Å². The number of methoxy groups -OCH3 is 1. The number of nitrogens with zero attached hydrogens (tertiary/aromatic N) is 2. The van der Waals surface area contributed by atoms with E-state index in [1.807, 2.05) is 30.3 Å². The maximum absolute atomic E-state index is 6.11. The van der Waals surface area contributed by atoms with E-state index in [-0.39, 0.29) is 6.61 Å². The van der Waals surface area contributed by atoms with Gasteiger partial charge in [-0.05, 0) is 29.8 Å². The van der Waals surface area contributed by atoms with Crippen molar-refractivity contribution in [2.75, 3.05) is 33.4 Å². The largest absolute Gasteiger partial charge is 0.496 e. The minimum absolute atomic E-state index is 0.275. The molecule has 0 amide bonds. The van der Waals surface area contributed by atoms with E-state index in [0.717, 1.165) is 54.2 Å². The van der Waals surface area contributed by atoms with Gasteiger partial charge in [0.15, 0.2) is 5.84 Å². The SMILES string of the molecule is COc1ccc(Br)cc1CO/N=C(/N)c1cccc(CN2CCOCC2)c1. The van der Waals surface area contributed by atoms with Crippen LogP contribution in [-0.2, 0) is 22.7 Å². The maximum atomic E-state index is 6.11. The fourth-order valence-corrected chi connectivity index (χ4v) is 3.34. The topological polar surface area (TPSA) is 69.3 Å². The van der Waals surface area contributed by atoms with Gasteiger partial charge in [-0.15, -0.1) is 0 Å². The summed E-state index contributed by atoms with van der Waals surface area (Å²) in [5.41, 5.74) is 9.05. The molecule has 6 nitrogen and oxygen atoms in total. The number of halogens is 1. The first-order valence-corrected chi connectivity index (χ1v) is 9.62. The zero-order chi connectivity index (χ0) is 19.1. The van der Waals surface area contributed by atoms with E-state index < -0.39 is 0 Å². The van der Waals surface area contributed by atoms with Crippen LogP contribution < -0.4 is 10.5 Å². The fourth-order valence-electron chi connectivity index (χ4n) is 2.93. The summed E-state index contributed by atoms with van der Waals surface area (Å²) < 4.78 is 11.7. The first-order valence-electron chi connectivity index (χ1n) is 8.83. The summed E-state index contributed by atoms with van der Waals surface area (Å²) in [5, 5.41) is 4.07. The third-order valence-corrected chi connectivity index (χ3v) is 4.85. The van der Waals surface area contributed by atoms with Crippen molar-refractivity contribution in [1.82, 2.24) is 4.90 Å². The lowest BCUT2D eigenvalue weighted by Crippen LogP contribution is -2.35. The molecule has 0 unspecified atom stereocenters. The Morgan fingerprint density at radius 2 is 2.04 bits per heavy atom. The van der Waals surface area contributed by atoms with Gasteiger partial charge in [-0.3, -0.25) is 4.90 Å². The molecule has 3 rings (SSSR count). The highest BCUT2D eigenvalue weighted by Crippen LogP contribution is 2.23. The van der Waals surface area contributed by atoms with Crippen molar-refractivity contribution < 1.29 is 14.3 Å². The quantitative estimate of drug-likeness (QED) is 0.412. The highest BCUT2D eigenvalue weighted by atomic mass is 79.9. The van der Waals surface area contributed by atoms with Crippen LogP contribution in [0.3, 0.4) is 0 Å². The van der Waals surface area contributed by atoms with E-state index in [2.05, 4.69) is 38.1 Å². The molecule has 27 heavy (non-hydrogen) atoms. The third kappa shape index (κ3) is 5.69. The molecule has 2 aromatic rings. The molecule has 0 bridgehead atoms. The van der Waals surface area contributed by atoms with Gasteiger partial charge in [0, 0.05) is 35.2 Å². The summed E-state index contributed by atoms with van der Waals surface area (Å²) >= 11 is 3.45. The minimum Gasteiger partial charge on any atom is -0.496 e. The van der Waals surface area contributed by atoms with Crippen LogP contribution in [0.5, 0.6) is 5.75 Å². The molecule has 0 aliphatic carbocycles. The van der Waals surface area contributed by atoms with Gasteiger partial charge in [-0.2, -0.15) is 0 Å². The highest BCUT2D eigenvalue weighted by Gasteiger charge is 2.11. The molecule has 1 saturated heterocycles. The summed E-state index contributed by atoms with van der Waals surface area (Å²) in [4.78, 5) is 7.83. The Morgan fingerprint density at radius 1 is 1.22 bits per heavy atom. The molecule has 1 aliphatic rings. The Morgan fingerprint density at radius 3 is 2.81 bits per heavy atom. The van der Waals surface area contributed by atoms with Gasteiger partial charge in [0.1, 0.15) is 12.4 Å². The van der Waals surface area contributed by atoms with Gasteiger partial charge in [0.25, 0.3) is 0 Å². The van der Waals surface area contributed by atoms with Gasteiger partial charge in [-0.25, -0.2) is 0 Å². The number of nitrogens with two attached hydrogens (primary N) is 1. The molecule has 1 aliphatic heterocycles. The second-order valence-electron chi connectivity index (χ2n) is 6.30. The maximum Gasteiger partial charge on any atom is 0.170 e.